The van der Waals surface area contributed by atoms with E-state index in [1.807, 2.05) is 12.2 Å². The number of allylic oxidation sites excluding steroid dienone is 7. The average molecular weight is 174 g/mol. The van der Waals surface area contributed by atoms with Gasteiger partial charge in [-0.3, -0.25) is 0 Å². The molecule has 0 fully saturated rings. The molecule has 0 saturated carbocycles. The van der Waals surface area contributed by atoms with Crippen molar-refractivity contribution in [2.45, 2.75) is 33.1 Å². The van der Waals surface area contributed by atoms with Crippen LogP contribution < -0.4 is 0 Å². The Kier molecular flexibility index (Phi) is 3.75. The van der Waals surface area contributed by atoms with Gasteiger partial charge in [0.05, 0.1) is 0 Å². The van der Waals surface area contributed by atoms with Crippen LogP contribution in [0.25, 0.3) is 0 Å². The van der Waals surface area contributed by atoms with Crippen LogP contribution in [0.15, 0.2) is 47.6 Å². The fourth-order valence-electron chi connectivity index (χ4n) is 1.60. The van der Waals surface area contributed by atoms with Gasteiger partial charge in [0.15, 0.2) is 0 Å². The highest BCUT2D eigenvalue weighted by molar-refractivity contribution is 5.32. The second kappa shape index (κ2) is 4.86. The van der Waals surface area contributed by atoms with E-state index in [1.54, 1.807) is 0 Å². The van der Waals surface area contributed by atoms with E-state index in [4.69, 9.17) is 0 Å². The summed E-state index contributed by atoms with van der Waals surface area (Å²) in [6, 6.07) is 0. The third kappa shape index (κ3) is 3.06. The number of hydrogen-bond donors (Lipinski definition) is 0. The van der Waals surface area contributed by atoms with Crippen molar-refractivity contribution in [1.82, 2.24) is 0 Å². The largest absolute Gasteiger partial charge is 0.0991 e. The minimum absolute atomic E-state index is 1.11. The highest BCUT2D eigenvalue weighted by atomic mass is 14.1. The molecule has 0 aliphatic heterocycles. The summed E-state index contributed by atoms with van der Waals surface area (Å²) < 4.78 is 0. The summed E-state index contributed by atoms with van der Waals surface area (Å²) in [6.45, 7) is 8.13. The monoisotopic (exact) mass is 174 g/mol. The molecule has 70 valence electrons. The second-order valence-corrected chi connectivity index (χ2v) is 3.67. The smallest absolute Gasteiger partial charge is 0.00704 e. The minimum Gasteiger partial charge on any atom is -0.0991 e. The van der Waals surface area contributed by atoms with Crippen molar-refractivity contribution in [2.24, 2.45) is 0 Å². The molecule has 0 N–H and O–H groups in total. The van der Waals surface area contributed by atoms with Crippen molar-refractivity contribution >= 4 is 0 Å². The van der Waals surface area contributed by atoms with Crippen LogP contribution >= 0.6 is 0 Å². The van der Waals surface area contributed by atoms with Crippen LogP contribution in [0.1, 0.15) is 33.1 Å². The Bertz CT molecular complexity index is 274. The lowest BCUT2D eigenvalue weighted by Crippen LogP contribution is -1.84. The maximum atomic E-state index is 3.69. The van der Waals surface area contributed by atoms with Crippen LogP contribution in [0.3, 0.4) is 0 Å². The molecule has 0 amide bonds. The van der Waals surface area contributed by atoms with Crippen molar-refractivity contribution < 1.29 is 0 Å². The molecule has 0 heteroatoms. The first-order valence-electron chi connectivity index (χ1n) is 4.87. The quantitative estimate of drug-likeness (QED) is 0.435. The molecule has 0 radical (unpaired) electrons. The Labute approximate surface area is 81.4 Å². The molecule has 0 aromatic rings. The topological polar surface area (TPSA) is 0 Å². The summed E-state index contributed by atoms with van der Waals surface area (Å²) in [7, 11) is 0. The van der Waals surface area contributed by atoms with Gasteiger partial charge >= 0.3 is 0 Å². The lowest BCUT2D eigenvalue weighted by atomic mass is 10.0. The van der Waals surface area contributed by atoms with Gasteiger partial charge in [-0.05, 0) is 38.7 Å². The molecule has 0 aromatic heterocycles. The van der Waals surface area contributed by atoms with Gasteiger partial charge in [-0.25, -0.2) is 0 Å². The summed E-state index contributed by atoms with van der Waals surface area (Å²) in [4.78, 5) is 0. The van der Waals surface area contributed by atoms with Crippen LogP contribution in [0, 0.1) is 0 Å². The van der Waals surface area contributed by atoms with Gasteiger partial charge < -0.3 is 0 Å². The Hall–Kier alpha value is -1.04. The highest BCUT2D eigenvalue weighted by Crippen LogP contribution is 2.24. The molecule has 0 spiro atoms. The molecular formula is C13H18. The number of rotatable bonds is 2. The van der Waals surface area contributed by atoms with Crippen LogP contribution in [0.4, 0.5) is 0 Å². The summed E-state index contributed by atoms with van der Waals surface area (Å²) in [5.74, 6) is 0. The van der Waals surface area contributed by atoms with Gasteiger partial charge in [0.2, 0.25) is 0 Å². The molecule has 0 heterocycles. The Balaban J connectivity index is 2.82. The molecule has 1 aliphatic carbocycles. The van der Waals surface area contributed by atoms with Crippen LogP contribution in [-0.2, 0) is 0 Å². The number of hydrogen-bond acceptors (Lipinski definition) is 0. The predicted molar refractivity (Wildman–Crippen MR) is 59.6 cm³/mol. The first-order valence-corrected chi connectivity index (χ1v) is 4.87. The van der Waals surface area contributed by atoms with E-state index in [0.29, 0.717) is 0 Å². The van der Waals surface area contributed by atoms with Crippen LogP contribution in [0.5, 0.6) is 0 Å². The normalized spacial score (nSPS) is 18.8. The van der Waals surface area contributed by atoms with Crippen LogP contribution in [0.2, 0.25) is 0 Å². The van der Waals surface area contributed by atoms with E-state index in [1.165, 1.54) is 29.6 Å². The van der Waals surface area contributed by atoms with Crippen molar-refractivity contribution in [3.63, 3.8) is 0 Å². The molecule has 0 nitrogen and oxygen atoms in total. The summed E-state index contributed by atoms with van der Waals surface area (Å²) in [5.41, 5.74) is 4.47. The van der Waals surface area contributed by atoms with E-state index >= 15 is 0 Å². The molecule has 0 bridgehead atoms. The van der Waals surface area contributed by atoms with Gasteiger partial charge in [0.1, 0.15) is 0 Å². The summed E-state index contributed by atoms with van der Waals surface area (Å²) in [6.07, 6.45) is 11.9. The minimum atomic E-state index is 1.11. The maximum absolute atomic E-state index is 3.69. The lowest BCUT2D eigenvalue weighted by Gasteiger charge is -2.04. The molecular weight excluding hydrogens is 156 g/mol. The molecule has 13 heavy (non-hydrogen) atoms. The standard InChI is InChI=1S/C13H18/c1-4-5-9-13-10-11(2)7-6-8-12(13)3/h4-5,7,9H,1,6,8,10H2,2-3H3. The van der Waals surface area contributed by atoms with E-state index in [-0.39, 0.29) is 0 Å². The molecule has 0 aromatic carbocycles. The third-order valence-electron chi connectivity index (χ3n) is 2.46. The Morgan fingerprint density at radius 3 is 2.85 bits per heavy atom. The predicted octanol–water partition coefficient (Wildman–Crippen LogP) is 4.18. The van der Waals surface area contributed by atoms with Gasteiger partial charge in [0, 0.05) is 0 Å². The molecule has 1 aliphatic rings. The third-order valence-corrected chi connectivity index (χ3v) is 2.46. The van der Waals surface area contributed by atoms with Crippen molar-refractivity contribution in [2.75, 3.05) is 0 Å². The van der Waals surface area contributed by atoms with Gasteiger partial charge in [0.25, 0.3) is 0 Å². The van der Waals surface area contributed by atoms with Crippen molar-refractivity contribution in [1.29, 1.82) is 0 Å². The molecule has 0 unspecified atom stereocenters. The fourth-order valence-corrected chi connectivity index (χ4v) is 1.60. The van der Waals surface area contributed by atoms with E-state index in [9.17, 15) is 0 Å². The maximum Gasteiger partial charge on any atom is -0.00704 e. The Morgan fingerprint density at radius 2 is 2.15 bits per heavy atom. The lowest BCUT2D eigenvalue weighted by molar-refractivity contribution is 0.973. The van der Waals surface area contributed by atoms with Gasteiger partial charge in [-0.1, -0.05) is 42.0 Å². The van der Waals surface area contributed by atoms with E-state index in [0.717, 1.165) is 6.42 Å². The SMILES string of the molecule is C=CC=CC1=C(C)CCC=C(C)C1. The van der Waals surface area contributed by atoms with Crippen molar-refractivity contribution in [3.05, 3.63) is 47.6 Å². The first-order chi connectivity index (χ1) is 6.24. The van der Waals surface area contributed by atoms with Gasteiger partial charge in [-0.2, -0.15) is 0 Å². The summed E-state index contributed by atoms with van der Waals surface area (Å²) >= 11 is 0. The Morgan fingerprint density at radius 1 is 1.38 bits per heavy atom. The van der Waals surface area contributed by atoms with E-state index < -0.39 is 0 Å². The summed E-state index contributed by atoms with van der Waals surface area (Å²) in [5, 5.41) is 0. The molecule has 1 rings (SSSR count). The van der Waals surface area contributed by atoms with Crippen LogP contribution in [-0.4, -0.2) is 0 Å². The molecule has 0 saturated heterocycles. The van der Waals surface area contributed by atoms with Gasteiger partial charge in [-0.15, -0.1) is 0 Å². The fraction of sp³-hybridized carbons (Fsp3) is 0.385. The van der Waals surface area contributed by atoms with Crippen molar-refractivity contribution in [3.8, 4) is 0 Å². The first kappa shape index (κ1) is 10.0. The zero-order valence-corrected chi connectivity index (χ0v) is 8.64. The molecule has 0 atom stereocenters. The zero-order chi connectivity index (χ0) is 9.68. The zero-order valence-electron chi connectivity index (χ0n) is 8.64. The highest BCUT2D eigenvalue weighted by Gasteiger charge is 2.04. The average Bonchev–Trinajstić information content (AvgIpc) is 2.25. The van der Waals surface area contributed by atoms with E-state index in [2.05, 4.69) is 32.6 Å². The second-order valence-electron chi connectivity index (χ2n) is 3.67.